The average molecular weight is 362 g/mol. The Kier molecular flexibility index (Phi) is 6.12. The van der Waals surface area contributed by atoms with Gasteiger partial charge in [-0.2, -0.15) is 0 Å². The second kappa shape index (κ2) is 8.51. The van der Waals surface area contributed by atoms with Crippen molar-refractivity contribution in [1.82, 2.24) is 15.2 Å². The van der Waals surface area contributed by atoms with Crippen molar-refractivity contribution in [3.63, 3.8) is 0 Å². The number of hydrogen-bond donors (Lipinski definition) is 2. The van der Waals surface area contributed by atoms with Crippen molar-refractivity contribution in [1.29, 1.82) is 0 Å². The van der Waals surface area contributed by atoms with Crippen LogP contribution in [0.5, 0.6) is 0 Å². The van der Waals surface area contributed by atoms with Crippen LogP contribution in [0.15, 0.2) is 35.2 Å². The summed E-state index contributed by atoms with van der Waals surface area (Å²) in [6, 6.07) is 6.27. The third-order valence-corrected chi connectivity index (χ3v) is 5.11. The van der Waals surface area contributed by atoms with Crippen molar-refractivity contribution in [2.24, 2.45) is 5.73 Å². The van der Waals surface area contributed by atoms with Crippen LogP contribution in [-0.2, 0) is 17.6 Å². The van der Waals surface area contributed by atoms with E-state index in [1.807, 2.05) is 15.8 Å². The van der Waals surface area contributed by atoms with Crippen molar-refractivity contribution in [3.8, 4) is 0 Å². The quantitative estimate of drug-likeness (QED) is 0.819. The van der Waals surface area contributed by atoms with Crippen molar-refractivity contribution < 1.29 is 9.18 Å². The molecule has 2 heterocycles. The molecule has 0 radical (unpaired) electrons. The predicted octanol–water partition coefficient (Wildman–Crippen LogP) is 1.59. The highest BCUT2D eigenvalue weighted by molar-refractivity contribution is 7.07. The molecule has 1 aromatic heterocycles. The van der Waals surface area contributed by atoms with Crippen LogP contribution in [0.3, 0.4) is 0 Å². The number of nitrogens with zero attached hydrogens (tertiary/aromatic N) is 2. The van der Waals surface area contributed by atoms with Crippen LogP contribution in [0.2, 0.25) is 0 Å². The summed E-state index contributed by atoms with van der Waals surface area (Å²) in [5.74, 6) is -0.237. The summed E-state index contributed by atoms with van der Waals surface area (Å²) < 4.78 is 13.8. The minimum atomic E-state index is -0.390. The molecule has 0 saturated carbocycles. The number of nitrogens with two attached hydrogens (primary N) is 1. The molecule has 0 aliphatic carbocycles. The van der Waals surface area contributed by atoms with E-state index in [4.69, 9.17) is 5.73 Å². The Hall–Kier alpha value is -1.83. The lowest BCUT2D eigenvalue weighted by Crippen LogP contribution is -2.55. The average Bonchev–Trinajstić information content (AvgIpc) is 3.10. The van der Waals surface area contributed by atoms with Gasteiger partial charge in [0.05, 0.1) is 11.2 Å². The van der Waals surface area contributed by atoms with E-state index in [-0.39, 0.29) is 30.2 Å². The fourth-order valence-corrected chi connectivity index (χ4v) is 3.78. The summed E-state index contributed by atoms with van der Waals surface area (Å²) in [6.45, 7) is 2.20. The van der Waals surface area contributed by atoms with Gasteiger partial charge in [0.25, 0.3) is 0 Å². The van der Waals surface area contributed by atoms with Gasteiger partial charge in [-0.3, -0.25) is 4.79 Å². The number of carbonyl (C=O) groups excluding carboxylic acids is 1. The van der Waals surface area contributed by atoms with Gasteiger partial charge < -0.3 is 16.0 Å². The molecule has 1 saturated heterocycles. The van der Waals surface area contributed by atoms with Gasteiger partial charge in [-0.25, -0.2) is 9.37 Å². The molecule has 0 bridgehead atoms. The molecule has 5 nitrogen and oxygen atoms in total. The Bertz CT molecular complexity index is 694. The number of hydrogen-bond acceptors (Lipinski definition) is 5. The summed E-state index contributed by atoms with van der Waals surface area (Å²) in [5.41, 5.74) is 9.49. The van der Waals surface area contributed by atoms with E-state index in [0.717, 1.165) is 25.2 Å². The normalized spacial score (nSPS) is 19.0. The highest BCUT2D eigenvalue weighted by Gasteiger charge is 2.28. The Morgan fingerprint density at radius 1 is 1.48 bits per heavy atom. The SMILES string of the molecule is N[C@@H](CC(=O)N1CCNC[C@H]1Cc1cscn1)Cc1ccccc1F. The summed E-state index contributed by atoms with van der Waals surface area (Å²) in [7, 11) is 0. The minimum Gasteiger partial charge on any atom is -0.337 e. The maximum Gasteiger partial charge on any atom is 0.224 e. The Balaban J connectivity index is 1.59. The molecular weight excluding hydrogens is 339 g/mol. The van der Waals surface area contributed by atoms with E-state index in [1.165, 1.54) is 6.07 Å². The number of amides is 1. The number of nitrogens with one attached hydrogen (secondary N) is 1. The van der Waals surface area contributed by atoms with Gasteiger partial charge in [0, 0.05) is 49.9 Å². The lowest BCUT2D eigenvalue weighted by molar-refractivity contribution is -0.134. The molecular formula is C18H23FN4OS. The van der Waals surface area contributed by atoms with Crippen LogP contribution in [0, 0.1) is 5.82 Å². The molecule has 2 aromatic rings. The maximum atomic E-state index is 13.8. The van der Waals surface area contributed by atoms with Crippen molar-refractivity contribution in [2.75, 3.05) is 19.6 Å². The Morgan fingerprint density at radius 3 is 3.08 bits per heavy atom. The number of aromatic nitrogens is 1. The van der Waals surface area contributed by atoms with Gasteiger partial charge >= 0.3 is 0 Å². The first-order valence-corrected chi connectivity index (χ1v) is 9.44. The largest absolute Gasteiger partial charge is 0.337 e. The number of halogens is 1. The molecule has 3 N–H and O–H groups in total. The topological polar surface area (TPSA) is 71.2 Å². The minimum absolute atomic E-state index is 0.0329. The number of benzene rings is 1. The van der Waals surface area contributed by atoms with Crippen LogP contribution in [0.1, 0.15) is 17.7 Å². The zero-order valence-corrected chi connectivity index (χ0v) is 14.8. The number of piperazine rings is 1. The van der Waals surface area contributed by atoms with E-state index in [0.29, 0.717) is 18.5 Å². The smallest absolute Gasteiger partial charge is 0.224 e. The first-order valence-electron chi connectivity index (χ1n) is 8.49. The second-order valence-electron chi connectivity index (χ2n) is 6.39. The van der Waals surface area contributed by atoms with E-state index in [2.05, 4.69) is 10.3 Å². The number of thiazole rings is 1. The number of rotatable bonds is 6. The third kappa shape index (κ3) is 4.84. The molecule has 134 valence electrons. The standard InChI is InChI=1S/C18H23FN4OS/c19-17-4-2-1-3-13(17)7-14(20)8-18(24)23-6-5-21-10-16(23)9-15-11-25-12-22-15/h1-4,11-12,14,16,21H,5-10,20H2/t14-,16-/m1/s1. The molecule has 7 heteroatoms. The number of carbonyl (C=O) groups is 1. The lowest BCUT2D eigenvalue weighted by Gasteiger charge is -2.36. The maximum absolute atomic E-state index is 13.8. The van der Waals surface area contributed by atoms with Crippen LogP contribution in [0.25, 0.3) is 0 Å². The van der Waals surface area contributed by atoms with Gasteiger partial charge in [0.2, 0.25) is 5.91 Å². The van der Waals surface area contributed by atoms with Crippen LogP contribution >= 0.6 is 11.3 Å². The van der Waals surface area contributed by atoms with E-state index < -0.39 is 0 Å². The predicted molar refractivity (Wildman–Crippen MR) is 96.9 cm³/mol. The molecule has 1 aliphatic rings. The van der Waals surface area contributed by atoms with Gasteiger partial charge in [0.1, 0.15) is 5.82 Å². The Morgan fingerprint density at radius 2 is 2.32 bits per heavy atom. The van der Waals surface area contributed by atoms with E-state index in [9.17, 15) is 9.18 Å². The van der Waals surface area contributed by atoms with E-state index in [1.54, 1.807) is 29.5 Å². The lowest BCUT2D eigenvalue weighted by atomic mass is 10.0. The van der Waals surface area contributed by atoms with Crippen LogP contribution in [0.4, 0.5) is 4.39 Å². The van der Waals surface area contributed by atoms with Crippen molar-refractivity contribution >= 4 is 17.2 Å². The summed E-state index contributed by atoms with van der Waals surface area (Å²) in [6.07, 6.45) is 1.33. The first kappa shape index (κ1) is 18.0. The van der Waals surface area contributed by atoms with E-state index >= 15 is 0 Å². The zero-order valence-electron chi connectivity index (χ0n) is 14.0. The summed E-state index contributed by atoms with van der Waals surface area (Å²) in [4.78, 5) is 18.9. The molecule has 25 heavy (non-hydrogen) atoms. The Labute approximate surface area is 151 Å². The fraction of sp³-hybridized carbons (Fsp3) is 0.444. The van der Waals surface area contributed by atoms with Crippen LogP contribution in [-0.4, -0.2) is 47.5 Å². The third-order valence-electron chi connectivity index (χ3n) is 4.48. The molecule has 1 fully saturated rings. The van der Waals surface area contributed by atoms with Gasteiger partial charge in [-0.05, 0) is 18.1 Å². The zero-order chi connectivity index (χ0) is 17.6. The summed E-state index contributed by atoms with van der Waals surface area (Å²) in [5, 5.41) is 5.35. The second-order valence-corrected chi connectivity index (χ2v) is 7.11. The van der Waals surface area contributed by atoms with Crippen molar-refractivity contribution in [3.05, 3.63) is 52.2 Å². The van der Waals surface area contributed by atoms with Gasteiger partial charge in [-0.15, -0.1) is 11.3 Å². The molecule has 0 spiro atoms. The summed E-state index contributed by atoms with van der Waals surface area (Å²) >= 11 is 1.56. The van der Waals surface area contributed by atoms with Gasteiger partial charge in [0.15, 0.2) is 0 Å². The highest BCUT2D eigenvalue weighted by atomic mass is 32.1. The molecule has 0 unspecified atom stereocenters. The van der Waals surface area contributed by atoms with Gasteiger partial charge in [-0.1, -0.05) is 18.2 Å². The molecule has 1 aromatic carbocycles. The highest BCUT2D eigenvalue weighted by Crippen LogP contribution is 2.15. The molecule has 3 rings (SSSR count). The molecule has 1 amide bonds. The van der Waals surface area contributed by atoms with Crippen LogP contribution < -0.4 is 11.1 Å². The molecule has 2 atom stereocenters. The van der Waals surface area contributed by atoms with Crippen molar-refractivity contribution in [2.45, 2.75) is 31.3 Å². The fourth-order valence-electron chi connectivity index (χ4n) is 3.21. The monoisotopic (exact) mass is 362 g/mol. The molecule has 1 aliphatic heterocycles. The first-order chi connectivity index (χ1) is 12.1.